The third kappa shape index (κ3) is 2.84. The van der Waals surface area contributed by atoms with Crippen LogP contribution >= 0.6 is 0 Å². The molecule has 0 atom stereocenters. The van der Waals surface area contributed by atoms with E-state index in [-0.39, 0.29) is 6.42 Å². The Morgan fingerprint density at radius 1 is 1.53 bits per heavy atom. The lowest BCUT2D eigenvalue weighted by molar-refractivity contribution is -0.136. The number of carboxylic acids is 1. The van der Waals surface area contributed by atoms with E-state index in [9.17, 15) is 4.79 Å². The molecule has 1 aromatic heterocycles. The van der Waals surface area contributed by atoms with E-state index >= 15 is 0 Å². The van der Waals surface area contributed by atoms with Crippen LogP contribution in [0.1, 0.15) is 19.4 Å². The first kappa shape index (κ1) is 11.3. The molecule has 80 valence electrons. The average molecular weight is 205 g/mol. The Bertz CT molecular complexity index is 480. The summed E-state index contributed by atoms with van der Waals surface area (Å²) in [6.07, 6.45) is 9.50. The van der Waals surface area contributed by atoms with Gasteiger partial charge in [0.1, 0.15) is 0 Å². The van der Waals surface area contributed by atoms with E-state index in [0.29, 0.717) is 0 Å². The third-order valence-corrected chi connectivity index (χ3v) is 2.12. The standard InChI is InChI=1S/C12H15NO2/c1-3-5-6-11-10(4-2)9(8-13-11)7-12(14)15/h3-6,8,13H,7H2,1-2H3,(H,14,15)/b5-3-,10-4-,11-6+. The van der Waals surface area contributed by atoms with Crippen molar-refractivity contribution in [1.29, 1.82) is 0 Å². The number of allylic oxidation sites excluding steroid dienone is 2. The van der Waals surface area contributed by atoms with Gasteiger partial charge in [0.15, 0.2) is 0 Å². The molecule has 0 bridgehead atoms. The van der Waals surface area contributed by atoms with Gasteiger partial charge in [0.2, 0.25) is 0 Å². The van der Waals surface area contributed by atoms with E-state index in [1.165, 1.54) is 0 Å². The van der Waals surface area contributed by atoms with E-state index < -0.39 is 5.97 Å². The zero-order valence-electron chi connectivity index (χ0n) is 8.95. The summed E-state index contributed by atoms with van der Waals surface area (Å²) in [6.45, 7) is 3.84. The first-order chi connectivity index (χ1) is 7.19. The quantitative estimate of drug-likeness (QED) is 0.766. The zero-order valence-corrected chi connectivity index (χ0v) is 8.95. The molecule has 1 heterocycles. The molecular formula is C12H15NO2. The molecule has 3 heteroatoms. The highest BCUT2D eigenvalue weighted by Gasteiger charge is 2.03. The highest BCUT2D eigenvalue weighted by Crippen LogP contribution is 1.88. The number of aromatic amines is 1. The van der Waals surface area contributed by atoms with Crippen LogP contribution in [0.2, 0.25) is 0 Å². The predicted octanol–water partition coefficient (Wildman–Crippen LogP) is 0.799. The summed E-state index contributed by atoms with van der Waals surface area (Å²) in [5, 5.41) is 10.6. The lowest BCUT2D eigenvalue weighted by Crippen LogP contribution is -2.25. The Hall–Kier alpha value is -1.77. The number of hydrogen-bond donors (Lipinski definition) is 2. The molecule has 15 heavy (non-hydrogen) atoms. The Labute approximate surface area is 88.4 Å². The number of aliphatic carboxylic acids is 1. The average Bonchev–Trinajstić information content (AvgIpc) is 2.56. The molecule has 0 saturated heterocycles. The molecule has 0 saturated carbocycles. The normalized spacial score (nSPS) is 14.0. The van der Waals surface area contributed by atoms with Gasteiger partial charge in [-0.05, 0) is 30.7 Å². The maximum absolute atomic E-state index is 10.6. The Morgan fingerprint density at radius 2 is 2.27 bits per heavy atom. The third-order valence-electron chi connectivity index (χ3n) is 2.12. The lowest BCUT2D eigenvalue weighted by atomic mass is 10.2. The van der Waals surface area contributed by atoms with Crippen LogP contribution in [-0.4, -0.2) is 16.1 Å². The van der Waals surface area contributed by atoms with Crippen LogP contribution in [0.15, 0.2) is 18.3 Å². The van der Waals surface area contributed by atoms with Crippen LogP contribution in [0, 0.1) is 0 Å². The molecule has 0 aliphatic carbocycles. The Morgan fingerprint density at radius 3 is 2.80 bits per heavy atom. The summed E-state index contributed by atoms with van der Waals surface area (Å²) in [6, 6.07) is 0. The molecule has 0 amide bonds. The van der Waals surface area contributed by atoms with Crippen LogP contribution in [0.4, 0.5) is 0 Å². The van der Waals surface area contributed by atoms with Gasteiger partial charge in [0, 0.05) is 11.5 Å². The Kier molecular flexibility index (Phi) is 3.92. The predicted molar refractivity (Wildman–Crippen MR) is 60.8 cm³/mol. The zero-order chi connectivity index (χ0) is 11.3. The number of H-pyrrole nitrogens is 1. The lowest BCUT2D eigenvalue weighted by Gasteiger charge is -1.89. The molecule has 0 unspecified atom stereocenters. The minimum absolute atomic E-state index is 0.0554. The van der Waals surface area contributed by atoms with Crippen LogP contribution in [0.5, 0.6) is 0 Å². The van der Waals surface area contributed by atoms with Gasteiger partial charge >= 0.3 is 5.97 Å². The molecule has 0 radical (unpaired) electrons. The monoisotopic (exact) mass is 205 g/mol. The molecule has 0 aliphatic rings. The van der Waals surface area contributed by atoms with Crippen LogP contribution in [0.3, 0.4) is 0 Å². The minimum atomic E-state index is -0.810. The highest BCUT2D eigenvalue weighted by molar-refractivity contribution is 5.70. The molecular weight excluding hydrogens is 190 g/mol. The number of hydrogen-bond acceptors (Lipinski definition) is 1. The Balaban J connectivity index is 3.24. The van der Waals surface area contributed by atoms with Gasteiger partial charge in [-0.25, -0.2) is 0 Å². The minimum Gasteiger partial charge on any atom is -0.481 e. The molecule has 2 N–H and O–H groups in total. The summed E-state index contributed by atoms with van der Waals surface area (Å²) in [5.41, 5.74) is 0.820. The van der Waals surface area contributed by atoms with Gasteiger partial charge in [-0.1, -0.05) is 18.2 Å². The van der Waals surface area contributed by atoms with Crippen molar-refractivity contribution in [3.05, 3.63) is 34.5 Å². The van der Waals surface area contributed by atoms with Gasteiger partial charge in [-0.3, -0.25) is 4.79 Å². The first-order valence-corrected chi connectivity index (χ1v) is 4.86. The maximum atomic E-state index is 10.6. The highest BCUT2D eigenvalue weighted by atomic mass is 16.4. The smallest absolute Gasteiger partial charge is 0.307 e. The number of carboxylic acid groups (broad SMARTS) is 1. The van der Waals surface area contributed by atoms with Crippen LogP contribution < -0.4 is 10.6 Å². The number of carbonyl (C=O) groups is 1. The maximum Gasteiger partial charge on any atom is 0.307 e. The van der Waals surface area contributed by atoms with Crippen molar-refractivity contribution in [1.82, 2.24) is 4.98 Å². The summed E-state index contributed by atoms with van der Waals surface area (Å²) in [5.74, 6) is -0.810. The topological polar surface area (TPSA) is 53.1 Å². The van der Waals surface area contributed by atoms with Crippen LogP contribution in [0.25, 0.3) is 12.2 Å². The fourth-order valence-electron chi connectivity index (χ4n) is 1.47. The summed E-state index contributed by atoms with van der Waals surface area (Å²) in [4.78, 5) is 13.7. The van der Waals surface area contributed by atoms with Crippen molar-refractivity contribution in [2.45, 2.75) is 20.3 Å². The molecule has 3 nitrogen and oxygen atoms in total. The fraction of sp³-hybridized carbons (Fsp3) is 0.250. The van der Waals surface area contributed by atoms with Crippen molar-refractivity contribution in [3.63, 3.8) is 0 Å². The van der Waals surface area contributed by atoms with Gasteiger partial charge in [0.05, 0.1) is 6.42 Å². The van der Waals surface area contributed by atoms with Gasteiger partial charge in [-0.15, -0.1) is 0 Å². The van der Waals surface area contributed by atoms with Gasteiger partial charge in [0.25, 0.3) is 0 Å². The second kappa shape index (κ2) is 5.20. The van der Waals surface area contributed by atoms with Crippen molar-refractivity contribution in [2.24, 2.45) is 0 Å². The van der Waals surface area contributed by atoms with E-state index in [2.05, 4.69) is 4.98 Å². The van der Waals surface area contributed by atoms with Crippen molar-refractivity contribution >= 4 is 18.1 Å². The van der Waals surface area contributed by atoms with Crippen molar-refractivity contribution in [2.75, 3.05) is 0 Å². The SMILES string of the molecule is C\C=C/C=c1/[nH]cc(CC(=O)O)/c1=C/C. The van der Waals surface area contributed by atoms with Crippen molar-refractivity contribution < 1.29 is 9.90 Å². The largest absolute Gasteiger partial charge is 0.481 e. The molecule has 0 spiro atoms. The molecule has 1 rings (SSSR count). The molecule has 0 aromatic carbocycles. The first-order valence-electron chi connectivity index (χ1n) is 4.86. The summed E-state index contributed by atoms with van der Waals surface area (Å²) in [7, 11) is 0. The van der Waals surface area contributed by atoms with Crippen molar-refractivity contribution in [3.8, 4) is 0 Å². The second-order valence-electron chi connectivity index (χ2n) is 3.19. The number of rotatable bonds is 3. The fourth-order valence-corrected chi connectivity index (χ4v) is 1.47. The number of aromatic nitrogens is 1. The van der Waals surface area contributed by atoms with Gasteiger partial charge < -0.3 is 10.1 Å². The summed E-state index contributed by atoms with van der Waals surface area (Å²) >= 11 is 0. The van der Waals surface area contributed by atoms with E-state index in [4.69, 9.17) is 5.11 Å². The second-order valence-corrected chi connectivity index (χ2v) is 3.19. The van der Waals surface area contributed by atoms with Crippen LogP contribution in [-0.2, 0) is 11.2 Å². The van der Waals surface area contributed by atoms with E-state index in [0.717, 1.165) is 16.1 Å². The molecule has 0 aliphatic heterocycles. The molecule has 1 aromatic rings. The van der Waals surface area contributed by atoms with E-state index in [1.807, 2.05) is 38.2 Å². The summed E-state index contributed by atoms with van der Waals surface area (Å²) < 4.78 is 0. The molecule has 0 fully saturated rings. The van der Waals surface area contributed by atoms with Gasteiger partial charge in [-0.2, -0.15) is 0 Å². The number of nitrogens with one attached hydrogen (secondary N) is 1. The van der Waals surface area contributed by atoms with E-state index in [1.54, 1.807) is 6.20 Å².